The number of nitrogen functional groups attached to an aromatic ring is 1. The van der Waals surface area contributed by atoms with E-state index < -0.39 is 0 Å². The van der Waals surface area contributed by atoms with Crippen molar-refractivity contribution in [2.75, 3.05) is 11.1 Å². The van der Waals surface area contributed by atoms with Crippen LogP contribution in [0.25, 0.3) is 10.9 Å². The van der Waals surface area contributed by atoms with E-state index in [4.69, 9.17) is 5.73 Å². The Morgan fingerprint density at radius 3 is 2.72 bits per heavy atom. The van der Waals surface area contributed by atoms with Crippen LogP contribution in [-0.4, -0.2) is 15.0 Å². The average molecular weight is 237 g/mol. The summed E-state index contributed by atoms with van der Waals surface area (Å²) in [6.07, 6.45) is 5.18. The molecule has 0 saturated carbocycles. The smallest absolute Gasteiger partial charge is 0.227 e. The summed E-state index contributed by atoms with van der Waals surface area (Å²) in [6.45, 7) is 0. The van der Waals surface area contributed by atoms with Crippen molar-refractivity contribution in [3.63, 3.8) is 0 Å². The zero-order chi connectivity index (χ0) is 12.4. The maximum absolute atomic E-state index is 5.71. The second kappa shape index (κ2) is 4.29. The van der Waals surface area contributed by atoms with Crippen molar-refractivity contribution in [1.82, 2.24) is 15.0 Å². The molecule has 0 fully saturated rings. The quantitative estimate of drug-likeness (QED) is 0.669. The van der Waals surface area contributed by atoms with Crippen LogP contribution >= 0.6 is 0 Å². The SMILES string of the molecule is Nc1ccc2nc(Nc3ccncc3)ncc2c1. The van der Waals surface area contributed by atoms with E-state index in [2.05, 4.69) is 20.3 Å². The highest BCUT2D eigenvalue weighted by Gasteiger charge is 2.00. The predicted octanol–water partition coefficient (Wildman–Crippen LogP) is 2.35. The van der Waals surface area contributed by atoms with Gasteiger partial charge in [-0.05, 0) is 30.3 Å². The van der Waals surface area contributed by atoms with E-state index in [0.717, 1.165) is 16.6 Å². The molecule has 0 bridgehead atoms. The molecule has 0 aliphatic carbocycles. The number of rotatable bonds is 2. The maximum Gasteiger partial charge on any atom is 0.227 e. The Balaban J connectivity index is 1.96. The number of pyridine rings is 1. The maximum atomic E-state index is 5.71. The topological polar surface area (TPSA) is 76.7 Å². The van der Waals surface area contributed by atoms with Crippen LogP contribution < -0.4 is 11.1 Å². The van der Waals surface area contributed by atoms with Gasteiger partial charge < -0.3 is 11.1 Å². The first kappa shape index (κ1) is 10.5. The van der Waals surface area contributed by atoms with E-state index in [-0.39, 0.29) is 0 Å². The molecular weight excluding hydrogens is 226 g/mol. The van der Waals surface area contributed by atoms with Gasteiger partial charge in [0.1, 0.15) is 0 Å². The van der Waals surface area contributed by atoms with Crippen LogP contribution in [0.4, 0.5) is 17.3 Å². The monoisotopic (exact) mass is 237 g/mol. The summed E-state index contributed by atoms with van der Waals surface area (Å²) in [4.78, 5) is 12.6. The molecule has 0 spiro atoms. The number of aromatic nitrogens is 3. The van der Waals surface area contributed by atoms with E-state index in [1.54, 1.807) is 18.6 Å². The van der Waals surface area contributed by atoms with Crippen LogP contribution in [0.3, 0.4) is 0 Å². The van der Waals surface area contributed by atoms with Gasteiger partial charge >= 0.3 is 0 Å². The third-order valence-electron chi connectivity index (χ3n) is 2.54. The van der Waals surface area contributed by atoms with Crippen molar-refractivity contribution in [2.45, 2.75) is 0 Å². The molecule has 2 heterocycles. The van der Waals surface area contributed by atoms with Gasteiger partial charge in [0.15, 0.2) is 0 Å². The predicted molar refractivity (Wildman–Crippen MR) is 71.5 cm³/mol. The van der Waals surface area contributed by atoms with Crippen molar-refractivity contribution in [1.29, 1.82) is 0 Å². The van der Waals surface area contributed by atoms with E-state index >= 15 is 0 Å². The molecule has 5 heteroatoms. The lowest BCUT2D eigenvalue weighted by Crippen LogP contribution is -1.97. The van der Waals surface area contributed by atoms with Crippen LogP contribution in [-0.2, 0) is 0 Å². The standard InChI is InChI=1S/C13H11N5/c14-10-1-2-12-9(7-10)8-16-13(18-12)17-11-3-5-15-6-4-11/h1-8H,14H2,(H,15,16,17,18). The Morgan fingerprint density at radius 2 is 1.89 bits per heavy atom. The van der Waals surface area contributed by atoms with Gasteiger partial charge in [0.05, 0.1) is 5.52 Å². The third kappa shape index (κ3) is 2.06. The van der Waals surface area contributed by atoms with Gasteiger partial charge in [-0.15, -0.1) is 0 Å². The van der Waals surface area contributed by atoms with Crippen molar-refractivity contribution in [3.05, 3.63) is 48.9 Å². The number of nitrogens with zero attached hydrogens (tertiary/aromatic N) is 3. The Labute approximate surface area is 104 Å². The molecule has 0 aliphatic rings. The zero-order valence-corrected chi connectivity index (χ0v) is 9.54. The Bertz CT molecular complexity index is 681. The summed E-state index contributed by atoms with van der Waals surface area (Å²) in [7, 11) is 0. The van der Waals surface area contributed by atoms with Gasteiger partial charge in [-0.1, -0.05) is 0 Å². The number of hydrogen-bond acceptors (Lipinski definition) is 5. The molecule has 1 aromatic carbocycles. The fraction of sp³-hybridized carbons (Fsp3) is 0. The summed E-state index contributed by atoms with van der Waals surface area (Å²) >= 11 is 0. The Morgan fingerprint density at radius 1 is 1.06 bits per heavy atom. The molecular formula is C13H11N5. The average Bonchev–Trinajstić information content (AvgIpc) is 2.40. The highest BCUT2D eigenvalue weighted by Crippen LogP contribution is 2.17. The first-order valence-corrected chi connectivity index (χ1v) is 5.50. The van der Waals surface area contributed by atoms with Gasteiger partial charge in [0, 0.05) is 35.4 Å². The number of nitrogens with one attached hydrogen (secondary N) is 1. The van der Waals surface area contributed by atoms with Crippen LogP contribution in [0, 0.1) is 0 Å². The highest BCUT2D eigenvalue weighted by molar-refractivity contribution is 5.82. The number of nitrogens with two attached hydrogens (primary N) is 1. The minimum absolute atomic E-state index is 0.554. The summed E-state index contributed by atoms with van der Waals surface area (Å²) in [5, 5.41) is 4.04. The summed E-state index contributed by atoms with van der Waals surface area (Å²) in [6, 6.07) is 9.27. The van der Waals surface area contributed by atoms with E-state index in [1.807, 2.05) is 30.3 Å². The second-order valence-corrected chi connectivity index (χ2v) is 3.87. The van der Waals surface area contributed by atoms with Crippen LogP contribution in [0.15, 0.2) is 48.9 Å². The van der Waals surface area contributed by atoms with Crippen LogP contribution in [0.2, 0.25) is 0 Å². The lowest BCUT2D eigenvalue weighted by Gasteiger charge is -2.05. The largest absolute Gasteiger partial charge is 0.399 e. The molecule has 0 amide bonds. The Hall–Kier alpha value is -2.69. The minimum atomic E-state index is 0.554. The highest BCUT2D eigenvalue weighted by atomic mass is 15.1. The second-order valence-electron chi connectivity index (χ2n) is 3.87. The molecule has 0 atom stereocenters. The molecule has 2 aromatic heterocycles. The minimum Gasteiger partial charge on any atom is -0.399 e. The molecule has 88 valence electrons. The first-order chi connectivity index (χ1) is 8.81. The fourth-order valence-corrected chi connectivity index (χ4v) is 1.68. The van der Waals surface area contributed by atoms with Crippen LogP contribution in [0.1, 0.15) is 0 Å². The number of hydrogen-bond donors (Lipinski definition) is 2. The molecule has 3 rings (SSSR count). The first-order valence-electron chi connectivity index (χ1n) is 5.50. The normalized spacial score (nSPS) is 10.4. The van der Waals surface area contributed by atoms with Gasteiger partial charge in [-0.2, -0.15) is 0 Å². The van der Waals surface area contributed by atoms with Gasteiger partial charge in [0.2, 0.25) is 5.95 Å². The van der Waals surface area contributed by atoms with E-state index in [1.165, 1.54) is 0 Å². The molecule has 0 unspecified atom stereocenters. The molecule has 18 heavy (non-hydrogen) atoms. The summed E-state index contributed by atoms with van der Waals surface area (Å²) < 4.78 is 0. The van der Waals surface area contributed by atoms with Crippen LogP contribution in [0.5, 0.6) is 0 Å². The number of fused-ring (bicyclic) bond motifs is 1. The fourth-order valence-electron chi connectivity index (χ4n) is 1.68. The lowest BCUT2D eigenvalue weighted by molar-refractivity contribution is 1.21. The molecule has 0 aliphatic heterocycles. The van der Waals surface area contributed by atoms with Gasteiger partial charge in [0.25, 0.3) is 0 Å². The van der Waals surface area contributed by atoms with E-state index in [9.17, 15) is 0 Å². The van der Waals surface area contributed by atoms with Gasteiger partial charge in [-0.25, -0.2) is 9.97 Å². The molecule has 0 saturated heterocycles. The Kier molecular flexibility index (Phi) is 2.49. The summed E-state index contributed by atoms with van der Waals surface area (Å²) in [5.74, 6) is 0.554. The van der Waals surface area contributed by atoms with Crippen molar-refractivity contribution in [3.8, 4) is 0 Å². The molecule has 0 radical (unpaired) electrons. The zero-order valence-electron chi connectivity index (χ0n) is 9.54. The third-order valence-corrected chi connectivity index (χ3v) is 2.54. The molecule has 3 aromatic rings. The molecule has 3 N–H and O–H groups in total. The number of benzene rings is 1. The summed E-state index contributed by atoms with van der Waals surface area (Å²) in [5.41, 5.74) is 8.18. The lowest BCUT2D eigenvalue weighted by atomic mass is 10.2. The number of anilines is 3. The van der Waals surface area contributed by atoms with E-state index in [0.29, 0.717) is 11.6 Å². The van der Waals surface area contributed by atoms with Gasteiger partial charge in [-0.3, -0.25) is 4.98 Å². The van der Waals surface area contributed by atoms with Crippen molar-refractivity contribution in [2.24, 2.45) is 0 Å². The van der Waals surface area contributed by atoms with Crippen molar-refractivity contribution >= 4 is 28.2 Å². The molecule has 5 nitrogen and oxygen atoms in total. The van der Waals surface area contributed by atoms with Crippen molar-refractivity contribution < 1.29 is 0 Å².